The van der Waals surface area contributed by atoms with Crippen molar-refractivity contribution in [1.29, 1.82) is 0 Å². The lowest BCUT2D eigenvalue weighted by molar-refractivity contribution is -0.142. The predicted molar refractivity (Wildman–Crippen MR) is 67.9 cm³/mol. The molecule has 0 radical (unpaired) electrons. The number of methoxy groups -OCH3 is 1. The van der Waals surface area contributed by atoms with E-state index in [0.29, 0.717) is 0 Å². The second-order valence-electron chi connectivity index (χ2n) is 4.04. The molecule has 1 amide bonds. The first-order valence-electron chi connectivity index (χ1n) is 5.72. The standard InChI is InChI=1S/C11H22N2O2S/c1-10(15-2)11(14)13-6-4-12(5-7-13)8-9-16-3/h10H,4-9H2,1-3H3/t10-/m0/s1. The minimum Gasteiger partial charge on any atom is -0.372 e. The first kappa shape index (κ1) is 13.8. The average Bonchev–Trinajstić information content (AvgIpc) is 2.35. The lowest BCUT2D eigenvalue weighted by Crippen LogP contribution is -2.51. The molecule has 1 saturated heterocycles. The molecular formula is C11H22N2O2S. The van der Waals surface area contributed by atoms with Gasteiger partial charge in [0.05, 0.1) is 0 Å². The van der Waals surface area contributed by atoms with Gasteiger partial charge in [0.1, 0.15) is 6.10 Å². The van der Waals surface area contributed by atoms with E-state index in [0.717, 1.165) is 32.7 Å². The minimum absolute atomic E-state index is 0.118. The number of carbonyl (C=O) groups is 1. The van der Waals surface area contributed by atoms with E-state index >= 15 is 0 Å². The summed E-state index contributed by atoms with van der Waals surface area (Å²) in [4.78, 5) is 16.1. The Morgan fingerprint density at radius 3 is 2.50 bits per heavy atom. The van der Waals surface area contributed by atoms with Crippen molar-refractivity contribution in [2.45, 2.75) is 13.0 Å². The zero-order valence-corrected chi connectivity index (χ0v) is 11.3. The molecule has 0 aliphatic carbocycles. The molecule has 0 unspecified atom stereocenters. The molecule has 1 aliphatic heterocycles. The van der Waals surface area contributed by atoms with Gasteiger partial charge in [-0.25, -0.2) is 0 Å². The van der Waals surface area contributed by atoms with Crippen molar-refractivity contribution in [3.63, 3.8) is 0 Å². The molecule has 0 aromatic heterocycles. The van der Waals surface area contributed by atoms with Crippen LogP contribution in [0, 0.1) is 0 Å². The maximum absolute atomic E-state index is 11.8. The Labute approximate surface area is 102 Å². The van der Waals surface area contributed by atoms with Gasteiger partial charge in [-0.15, -0.1) is 0 Å². The fraction of sp³-hybridized carbons (Fsp3) is 0.909. The van der Waals surface area contributed by atoms with Crippen molar-refractivity contribution in [3.05, 3.63) is 0 Å². The van der Waals surface area contributed by atoms with Crippen LogP contribution in [-0.4, -0.2) is 73.7 Å². The summed E-state index contributed by atoms with van der Waals surface area (Å²) in [6, 6.07) is 0. The van der Waals surface area contributed by atoms with Crippen LogP contribution in [0.5, 0.6) is 0 Å². The molecule has 16 heavy (non-hydrogen) atoms. The van der Waals surface area contributed by atoms with Crippen molar-refractivity contribution >= 4 is 17.7 Å². The van der Waals surface area contributed by atoms with E-state index in [9.17, 15) is 4.79 Å². The molecule has 1 aliphatic rings. The first-order chi connectivity index (χ1) is 7.69. The second-order valence-corrected chi connectivity index (χ2v) is 5.02. The Bertz CT molecular complexity index is 218. The largest absolute Gasteiger partial charge is 0.372 e. The lowest BCUT2D eigenvalue weighted by Gasteiger charge is -2.35. The number of nitrogens with zero attached hydrogens (tertiary/aromatic N) is 2. The minimum atomic E-state index is -0.308. The third-order valence-corrected chi connectivity index (χ3v) is 3.59. The molecule has 0 N–H and O–H groups in total. The van der Waals surface area contributed by atoms with Crippen LogP contribution in [0.25, 0.3) is 0 Å². The molecule has 0 bridgehead atoms. The number of rotatable bonds is 5. The Morgan fingerprint density at radius 1 is 1.38 bits per heavy atom. The number of carbonyl (C=O) groups excluding carboxylic acids is 1. The molecule has 1 atom stereocenters. The zero-order chi connectivity index (χ0) is 12.0. The van der Waals surface area contributed by atoms with E-state index in [1.54, 1.807) is 7.11 Å². The predicted octanol–water partition coefficient (Wildman–Crippen LogP) is 0.528. The fourth-order valence-corrected chi connectivity index (χ4v) is 2.21. The van der Waals surface area contributed by atoms with E-state index in [1.165, 1.54) is 5.75 Å². The zero-order valence-electron chi connectivity index (χ0n) is 10.4. The molecule has 1 rings (SSSR count). The summed E-state index contributed by atoms with van der Waals surface area (Å²) in [6.07, 6.45) is 1.82. The van der Waals surface area contributed by atoms with E-state index in [4.69, 9.17) is 4.74 Å². The summed E-state index contributed by atoms with van der Waals surface area (Å²) in [5, 5.41) is 0. The molecule has 4 nitrogen and oxygen atoms in total. The number of ether oxygens (including phenoxy) is 1. The highest BCUT2D eigenvalue weighted by molar-refractivity contribution is 7.98. The summed E-state index contributed by atoms with van der Waals surface area (Å²) in [6.45, 7) is 6.58. The summed E-state index contributed by atoms with van der Waals surface area (Å²) >= 11 is 1.87. The van der Waals surface area contributed by atoms with Crippen LogP contribution in [-0.2, 0) is 9.53 Å². The smallest absolute Gasteiger partial charge is 0.251 e. The van der Waals surface area contributed by atoms with Crippen molar-refractivity contribution < 1.29 is 9.53 Å². The molecule has 1 fully saturated rings. The van der Waals surface area contributed by atoms with Crippen LogP contribution >= 0.6 is 11.8 Å². The van der Waals surface area contributed by atoms with Gasteiger partial charge in [-0.1, -0.05) is 0 Å². The highest BCUT2D eigenvalue weighted by Gasteiger charge is 2.24. The molecule has 5 heteroatoms. The monoisotopic (exact) mass is 246 g/mol. The van der Waals surface area contributed by atoms with Gasteiger partial charge in [0.25, 0.3) is 5.91 Å². The van der Waals surface area contributed by atoms with Crippen molar-refractivity contribution in [2.24, 2.45) is 0 Å². The summed E-state index contributed by atoms with van der Waals surface area (Å²) < 4.78 is 5.05. The normalized spacial score (nSPS) is 19.8. The topological polar surface area (TPSA) is 32.8 Å². The highest BCUT2D eigenvalue weighted by atomic mass is 32.2. The van der Waals surface area contributed by atoms with Gasteiger partial charge < -0.3 is 9.64 Å². The number of hydrogen-bond acceptors (Lipinski definition) is 4. The van der Waals surface area contributed by atoms with Crippen molar-refractivity contribution in [2.75, 3.05) is 51.8 Å². The van der Waals surface area contributed by atoms with Crippen LogP contribution in [0.15, 0.2) is 0 Å². The fourth-order valence-electron chi connectivity index (χ4n) is 1.77. The van der Waals surface area contributed by atoms with Crippen LogP contribution in [0.1, 0.15) is 6.92 Å². The second kappa shape index (κ2) is 7.14. The molecular weight excluding hydrogens is 224 g/mol. The Hall–Kier alpha value is -0.260. The van der Waals surface area contributed by atoms with Gasteiger partial charge in [-0.3, -0.25) is 9.69 Å². The average molecular weight is 246 g/mol. The Morgan fingerprint density at radius 2 is 2.00 bits per heavy atom. The number of thioether (sulfide) groups is 1. The van der Waals surface area contributed by atoms with Crippen molar-refractivity contribution in [1.82, 2.24) is 9.80 Å². The van der Waals surface area contributed by atoms with Crippen LogP contribution in [0.4, 0.5) is 0 Å². The summed E-state index contributed by atoms with van der Waals surface area (Å²) in [5.41, 5.74) is 0. The van der Waals surface area contributed by atoms with Gasteiger partial charge in [0.15, 0.2) is 0 Å². The summed E-state index contributed by atoms with van der Waals surface area (Å²) in [5.74, 6) is 1.29. The third kappa shape index (κ3) is 3.96. The number of amides is 1. The Balaban J connectivity index is 2.28. The van der Waals surface area contributed by atoms with Crippen molar-refractivity contribution in [3.8, 4) is 0 Å². The van der Waals surface area contributed by atoms with Gasteiger partial charge in [0.2, 0.25) is 0 Å². The first-order valence-corrected chi connectivity index (χ1v) is 7.11. The molecule has 0 spiro atoms. The Kier molecular flexibility index (Phi) is 6.16. The van der Waals surface area contributed by atoms with E-state index in [-0.39, 0.29) is 12.0 Å². The molecule has 94 valence electrons. The van der Waals surface area contributed by atoms with Gasteiger partial charge in [0, 0.05) is 45.6 Å². The van der Waals surface area contributed by atoms with E-state index < -0.39 is 0 Å². The number of hydrogen-bond donors (Lipinski definition) is 0. The third-order valence-electron chi connectivity index (χ3n) is 3.00. The molecule has 0 saturated carbocycles. The van der Waals surface area contributed by atoms with Gasteiger partial charge >= 0.3 is 0 Å². The molecule has 0 aromatic rings. The van der Waals surface area contributed by atoms with Crippen LogP contribution in [0.3, 0.4) is 0 Å². The van der Waals surface area contributed by atoms with E-state index in [1.807, 2.05) is 23.6 Å². The van der Waals surface area contributed by atoms with Gasteiger partial charge in [-0.05, 0) is 13.2 Å². The van der Waals surface area contributed by atoms with Crippen LogP contribution in [0.2, 0.25) is 0 Å². The van der Waals surface area contributed by atoms with E-state index in [2.05, 4.69) is 11.2 Å². The maximum Gasteiger partial charge on any atom is 0.251 e. The molecule has 0 aromatic carbocycles. The van der Waals surface area contributed by atoms with Gasteiger partial charge in [-0.2, -0.15) is 11.8 Å². The highest BCUT2D eigenvalue weighted by Crippen LogP contribution is 2.06. The maximum atomic E-state index is 11.8. The summed E-state index contributed by atoms with van der Waals surface area (Å²) in [7, 11) is 1.58. The van der Waals surface area contributed by atoms with Crippen LogP contribution < -0.4 is 0 Å². The lowest BCUT2D eigenvalue weighted by atomic mass is 10.2. The quantitative estimate of drug-likeness (QED) is 0.708. The number of piperazine rings is 1. The molecule has 1 heterocycles. The SMILES string of the molecule is CO[C@@H](C)C(=O)N1CCN(CCSC)CC1.